The molecule has 0 bridgehead atoms. The SMILES string of the molecule is CN(Cc1ccc(Cl)s1)C(=O)c1cccnc1N. The van der Waals surface area contributed by atoms with E-state index in [1.54, 1.807) is 30.3 Å². The van der Waals surface area contributed by atoms with Gasteiger partial charge in [-0.2, -0.15) is 0 Å². The number of rotatable bonds is 3. The number of halogens is 1. The molecular weight excluding hydrogens is 270 g/mol. The Balaban J connectivity index is 2.12. The summed E-state index contributed by atoms with van der Waals surface area (Å²) in [6.45, 7) is 0.505. The molecule has 0 aliphatic heterocycles. The molecule has 1 amide bonds. The van der Waals surface area contributed by atoms with E-state index in [-0.39, 0.29) is 11.7 Å². The zero-order chi connectivity index (χ0) is 13.1. The number of thiophene rings is 1. The van der Waals surface area contributed by atoms with Crippen LogP contribution in [0.15, 0.2) is 30.5 Å². The molecule has 2 N–H and O–H groups in total. The van der Waals surface area contributed by atoms with E-state index in [0.29, 0.717) is 16.4 Å². The van der Waals surface area contributed by atoms with Gasteiger partial charge in [-0.25, -0.2) is 4.98 Å². The number of hydrogen-bond donors (Lipinski definition) is 1. The number of amides is 1. The monoisotopic (exact) mass is 281 g/mol. The van der Waals surface area contributed by atoms with Crippen LogP contribution in [0.3, 0.4) is 0 Å². The first-order valence-electron chi connectivity index (χ1n) is 5.28. The lowest BCUT2D eigenvalue weighted by molar-refractivity contribution is 0.0787. The van der Waals surface area contributed by atoms with Crippen LogP contribution in [0.5, 0.6) is 0 Å². The number of nitrogen functional groups attached to an aromatic ring is 1. The fourth-order valence-electron chi connectivity index (χ4n) is 1.55. The van der Waals surface area contributed by atoms with Gasteiger partial charge in [0.05, 0.1) is 16.4 Å². The van der Waals surface area contributed by atoms with E-state index in [4.69, 9.17) is 17.3 Å². The number of carbonyl (C=O) groups is 1. The van der Waals surface area contributed by atoms with Crippen LogP contribution < -0.4 is 5.73 Å². The molecule has 0 aliphatic rings. The standard InChI is InChI=1S/C12H12ClN3OS/c1-16(7-8-4-5-10(13)18-8)12(17)9-3-2-6-15-11(9)14/h2-6H,7H2,1H3,(H2,14,15). The van der Waals surface area contributed by atoms with Crippen molar-refractivity contribution in [2.24, 2.45) is 0 Å². The Kier molecular flexibility index (Phi) is 3.84. The smallest absolute Gasteiger partial charge is 0.257 e. The lowest BCUT2D eigenvalue weighted by atomic mass is 10.2. The third-order valence-electron chi connectivity index (χ3n) is 2.44. The third kappa shape index (κ3) is 2.80. The first-order chi connectivity index (χ1) is 8.58. The minimum Gasteiger partial charge on any atom is -0.383 e. The van der Waals surface area contributed by atoms with E-state index in [1.807, 2.05) is 12.1 Å². The van der Waals surface area contributed by atoms with E-state index in [0.717, 1.165) is 4.88 Å². The van der Waals surface area contributed by atoms with Gasteiger partial charge in [-0.1, -0.05) is 11.6 Å². The first-order valence-corrected chi connectivity index (χ1v) is 6.47. The predicted octanol–water partition coefficient (Wildman–Crippen LogP) is 2.65. The van der Waals surface area contributed by atoms with Gasteiger partial charge in [0.15, 0.2) is 0 Å². The fraction of sp³-hybridized carbons (Fsp3) is 0.167. The van der Waals surface area contributed by atoms with Gasteiger partial charge in [0.1, 0.15) is 5.82 Å². The maximum Gasteiger partial charge on any atom is 0.257 e. The zero-order valence-electron chi connectivity index (χ0n) is 9.76. The molecule has 0 radical (unpaired) electrons. The average molecular weight is 282 g/mol. The van der Waals surface area contributed by atoms with Gasteiger partial charge in [0.2, 0.25) is 0 Å². The van der Waals surface area contributed by atoms with Crippen LogP contribution in [0.4, 0.5) is 5.82 Å². The molecule has 2 rings (SSSR count). The Morgan fingerprint density at radius 2 is 2.28 bits per heavy atom. The van der Waals surface area contributed by atoms with Crippen molar-refractivity contribution in [2.75, 3.05) is 12.8 Å². The summed E-state index contributed by atoms with van der Waals surface area (Å²) in [6.07, 6.45) is 1.56. The second-order valence-electron chi connectivity index (χ2n) is 3.80. The Morgan fingerprint density at radius 1 is 1.50 bits per heavy atom. The summed E-state index contributed by atoms with van der Waals surface area (Å²) in [5, 5.41) is 0. The molecule has 18 heavy (non-hydrogen) atoms. The van der Waals surface area contributed by atoms with E-state index in [1.165, 1.54) is 11.3 Å². The van der Waals surface area contributed by atoms with E-state index in [9.17, 15) is 4.79 Å². The normalized spacial score (nSPS) is 10.3. The number of nitrogens with two attached hydrogens (primary N) is 1. The van der Waals surface area contributed by atoms with Crippen LogP contribution in [0, 0.1) is 0 Å². The van der Waals surface area contributed by atoms with Crippen molar-refractivity contribution in [3.05, 3.63) is 45.2 Å². The molecule has 0 atom stereocenters. The summed E-state index contributed by atoms with van der Waals surface area (Å²) in [6, 6.07) is 7.09. The minimum absolute atomic E-state index is 0.148. The average Bonchev–Trinajstić information content (AvgIpc) is 2.74. The Hall–Kier alpha value is -1.59. The summed E-state index contributed by atoms with van der Waals surface area (Å²) in [4.78, 5) is 18.7. The lowest BCUT2D eigenvalue weighted by Gasteiger charge is -2.16. The zero-order valence-corrected chi connectivity index (χ0v) is 11.3. The highest BCUT2D eigenvalue weighted by atomic mass is 35.5. The maximum atomic E-state index is 12.2. The van der Waals surface area contributed by atoms with Crippen molar-refractivity contribution in [3.8, 4) is 0 Å². The summed E-state index contributed by atoms with van der Waals surface area (Å²) < 4.78 is 0.715. The number of nitrogens with zero attached hydrogens (tertiary/aromatic N) is 2. The number of carbonyl (C=O) groups excluding carboxylic acids is 1. The molecule has 2 aromatic rings. The van der Waals surface area contributed by atoms with Crippen molar-refractivity contribution in [1.82, 2.24) is 9.88 Å². The van der Waals surface area contributed by atoms with E-state index in [2.05, 4.69) is 4.98 Å². The largest absolute Gasteiger partial charge is 0.383 e. The molecule has 2 aromatic heterocycles. The summed E-state index contributed by atoms with van der Waals surface area (Å²) in [7, 11) is 1.72. The highest BCUT2D eigenvalue weighted by Crippen LogP contribution is 2.23. The van der Waals surface area contributed by atoms with Crippen LogP contribution in [0.25, 0.3) is 0 Å². The second-order valence-corrected chi connectivity index (χ2v) is 5.60. The first kappa shape index (κ1) is 12.9. The van der Waals surface area contributed by atoms with Crippen LogP contribution in [0.2, 0.25) is 4.34 Å². The quantitative estimate of drug-likeness (QED) is 0.941. The van der Waals surface area contributed by atoms with Gasteiger partial charge in [0.25, 0.3) is 5.91 Å². The molecule has 0 fully saturated rings. The topological polar surface area (TPSA) is 59.2 Å². The van der Waals surface area contributed by atoms with Crippen LogP contribution in [-0.4, -0.2) is 22.8 Å². The Labute approximate surface area is 114 Å². The molecule has 0 unspecified atom stereocenters. The van der Waals surface area contributed by atoms with Gasteiger partial charge >= 0.3 is 0 Å². The molecule has 2 heterocycles. The van der Waals surface area contributed by atoms with Crippen molar-refractivity contribution >= 4 is 34.7 Å². The van der Waals surface area contributed by atoms with Gasteiger partial charge in [0, 0.05) is 18.1 Å². The number of hydrogen-bond acceptors (Lipinski definition) is 4. The molecule has 0 saturated carbocycles. The molecule has 0 aromatic carbocycles. The second kappa shape index (κ2) is 5.37. The van der Waals surface area contributed by atoms with E-state index < -0.39 is 0 Å². The molecule has 0 saturated heterocycles. The number of anilines is 1. The Morgan fingerprint density at radius 3 is 2.89 bits per heavy atom. The molecule has 94 valence electrons. The highest BCUT2D eigenvalue weighted by Gasteiger charge is 2.15. The summed E-state index contributed by atoms with van der Waals surface area (Å²) in [5.41, 5.74) is 6.10. The third-order valence-corrected chi connectivity index (χ3v) is 3.65. The fourth-order valence-corrected chi connectivity index (χ4v) is 2.69. The van der Waals surface area contributed by atoms with E-state index >= 15 is 0 Å². The minimum atomic E-state index is -0.148. The molecule has 4 nitrogen and oxygen atoms in total. The summed E-state index contributed by atoms with van der Waals surface area (Å²) >= 11 is 7.31. The van der Waals surface area contributed by atoms with Crippen LogP contribution >= 0.6 is 22.9 Å². The van der Waals surface area contributed by atoms with Gasteiger partial charge < -0.3 is 10.6 Å². The summed E-state index contributed by atoms with van der Waals surface area (Å²) in [5.74, 6) is 0.101. The van der Waals surface area contributed by atoms with Crippen molar-refractivity contribution < 1.29 is 4.79 Å². The van der Waals surface area contributed by atoms with Crippen LogP contribution in [0.1, 0.15) is 15.2 Å². The molecule has 0 aliphatic carbocycles. The van der Waals surface area contributed by atoms with Gasteiger partial charge in [-0.3, -0.25) is 4.79 Å². The van der Waals surface area contributed by atoms with Crippen molar-refractivity contribution in [1.29, 1.82) is 0 Å². The predicted molar refractivity (Wildman–Crippen MR) is 73.8 cm³/mol. The molecule has 0 spiro atoms. The maximum absolute atomic E-state index is 12.2. The highest BCUT2D eigenvalue weighted by molar-refractivity contribution is 7.16. The van der Waals surface area contributed by atoms with Gasteiger partial charge in [-0.05, 0) is 24.3 Å². The lowest BCUT2D eigenvalue weighted by Crippen LogP contribution is -2.26. The molecule has 6 heteroatoms. The number of aromatic nitrogens is 1. The molecular formula is C12H12ClN3OS. The number of pyridine rings is 1. The van der Waals surface area contributed by atoms with Crippen molar-refractivity contribution in [3.63, 3.8) is 0 Å². The van der Waals surface area contributed by atoms with Gasteiger partial charge in [-0.15, -0.1) is 11.3 Å². The van der Waals surface area contributed by atoms with Crippen molar-refractivity contribution in [2.45, 2.75) is 6.54 Å². The Bertz CT molecular complexity index is 570. The van der Waals surface area contributed by atoms with Crippen LogP contribution in [-0.2, 0) is 6.54 Å².